The van der Waals surface area contributed by atoms with E-state index in [0.717, 1.165) is 17.0 Å². The van der Waals surface area contributed by atoms with Crippen LogP contribution >= 0.6 is 0 Å². The zero-order valence-corrected chi connectivity index (χ0v) is 19.1. The fraction of sp³-hybridized carbons (Fsp3) is 0.476. The largest absolute Gasteiger partial charge is 0.273 e. The minimum Gasteiger partial charge on any atom is -0.273 e. The number of amides is 2. The SMILES string of the molecule is Cc1ccc(S(=O)(=O)N2CCC(C(=O)NNC(=O)Cn3nc(C)cc3C)CC2)c(C)c1. The van der Waals surface area contributed by atoms with Crippen LogP contribution in [0.3, 0.4) is 0 Å². The molecule has 0 spiro atoms. The van der Waals surface area contributed by atoms with Crippen LogP contribution in [-0.4, -0.2) is 47.4 Å². The van der Waals surface area contributed by atoms with E-state index in [1.54, 1.807) is 23.7 Å². The van der Waals surface area contributed by atoms with Gasteiger partial charge >= 0.3 is 0 Å². The van der Waals surface area contributed by atoms with Crippen LogP contribution in [0.5, 0.6) is 0 Å². The molecule has 9 nitrogen and oxygen atoms in total. The number of sulfonamides is 1. The molecule has 2 N–H and O–H groups in total. The Balaban J connectivity index is 1.51. The average Bonchev–Trinajstić information content (AvgIpc) is 3.02. The number of nitrogens with zero attached hydrogens (tertiary/aromatic N) is 3. The van der Waals surface area contributed by atoms with Gasteiger partial charge in [0, 0.05) is 24.7 Å². The molecule has 31 heavy (non-hydrogen) atoms. The fourth-order valence-electron chi connectivity index (χ4n) is 3.83. The molecule has 2 heterocycles. The number of piperidine rings is 1. The average molecular weight is 448 g/mol. The molecule has 2 aromatic rings. The van der Waals surface area contributed by atoms with E-state index in [9.17, 15) is 18.0 Å². The predicted octanol–water partition coefficient (Wildman–Crippen LogP) is 1.37. The Kier molecular flexibility index (Phi) is 6.80. The first kappa shape index (κ1) is 23.0. The van der Waals surface area contributed by atoms with Crippen LogP contribution in [0.4, 0.5) is 0 Å². The molecule has 0 aliphatic carbocycles. The van der Waals surface area contributed by atoms with Crippen molar-refractivity contribution in [3.63, 3.8) is 0 Å². The van der Waals surface area contributed by atoms with Crippen LogP contribution in [0.1, 0.15) is 35.4 Å². The highest BCUT2D eigenvalue weighted by molar-refractivity contribution is 7.89. The van der Waals surface area contributed by atoms with Gasteiger partial charge in [-0.05, 0) is 58.2 Å². The molecule has 1 fully saturated rings. The number of hydrogen-bond acceptors (Lipinski definition) is 5. The Morgan fingerprint density at radius 1 is 1.06 bits per heavy atom. The van der Waals surface area contributed by atoms with Crippen molar-refractivity contribution in [2.75, 3.05) is 13.1 Å². The first-order chi connectivity index (χ1) is 14.6. The number of nitrogens with one attached hydrogen (secondary N) is 2. The molecule has 10 heteroatoms. The van der Waals surface area contributed by atoms with E-state index in [-0.39, 0.29) is 37.4 Å². The number of hydrazine groups is 1. The normalized spacial score (nSPS) is 15.6. The molecule has 168 valence electrons. The Morgan fingerprint density at radius 3 is 2.32 bits per heavy atom. The van der Waals surface area contributed by atoms with E-state index in [2.05, 4.69) is 16.0 Å². The van der Waals surface area contributed by atoms with E-state index in [4.69, 9.17) is 0 Å². The smallest absolute Gasteiger partial charge is 0.260 e. The second-order valence-electron chi connectivity index (χ2n) is 8.07. The third kappa shape index (κ3) is 5.31. The highest BCUT2D eigenvalue weighted by Gasteiger charge is 2.33. The Labute approximate surface area is 182 Å². The fourth-order valence-corrected chi connectivity index (χ4v) is 5.51. The summed E-state index contributed by atoms with van der Waals surface area (Å²) in [6, 6.07) is 7.14. The second kappa shape index (κ2) is 9.19. The van der Waals surface area contributed by atoms with Crippen molar-refractivity contribution in [1.82, 2.24) is 24.9 Å². The number of aryl methyl sites for hydroxylation is 4. The van der Waals surface area contributed by atoms with Gasteiger partial charge < -0.3 is 0 Å². The van der Waals surface area contributed by atoms with E-state index < -0.39 is 10.0 Å². The lowest BCUT2D eigenvalue weighted by atomic mass is 9.98. The van der Waals surface area contributed by atoms with Crippen molar-refractivity contribution >= 4 is 21.8 Å². The van der Waals surface area contributed by atoms with Gasteiger partial charge in [0.25, 0.3) is 5.91 Å². The van der Waals surface area contributed by atoms with Crippen LogP contribution in [0.2, 0.25) is 0 Å². The molecule has 1 saturated heterocycles. The van der Waals surface area contributed by atoms with Gasteiger partial charge in [-0.1, -0.05) is 17.7 Å². The first-order valence-corrected chi connectivity index (χ1v) is 11.7. The summed E-state index contributed by atoms with van der Waals surface area (Å²) in [6.07, 6.45) is 0.784. The van der Waals surface area contributed by atoms with E-state index in [1.807, 2.05) is 32.9 Å². The maximum atomic E-state index is 13.0. The van der Waals surface area contributed by atoms with Gasteiger partial charge in [0.2, 0.25) is 15.9 Å². The third-order valence-electron chi connectivity index (χ3n) is 5.49. The van der Waals surface area contributed by atoms with Crippen LogP contribution < -0.4 is 10.9 Å². The minimum absolute atomic E-state index is 0.00649. The summed E-state index contributed by atoms with van der Waals surface area (Å²) in [7, 11) is -3.60. The molecule has 0 bridgehead atoms. The van der Waals surface area contributed by atoms with E-state index in [1.165, 1.54) is 4.31 Å². The summed E-state index contributed by atoms with van der Waals surface area (Å²) in [5, 5.41) is 4.22. The van der Waals surface area contributed by atoms with Crippen LogP contribution in [0.25, 0.3) is 0 Å². The van der Waals surface area contributed by atoms with Gasteiger partial charge in [0.05, 0.1) is 10.6 Å². The molecule has 0 atom stereocenters. The van der Waals surface area contributed by atoms with Crippen molar-refractivity contribution in [2.24, 2.45) is 5.92 Å². The monoisotopic (exact) mass is 447 g/mol. The molecule has 0 radical (unpaired) electrons. The number of rotatable bonds is 5. The Bertz CT molecular complexity index is 1090. The summed E-state index contributed by atoms with van der Waals surface area (Å²) < 4.78 is 28.9. The minimum atomic E-state index is -3.60. The maximum absolute atomic E-state index is 13.0. The molecule has 0 saturated carbocycles. The highest BCUT2D eigenvalue weighted by atomic mass is 32.2. The standard InChI is InChI=1S/C21H29N5O4S/c1-14-5-6-19(15(2)11-14)31(29,30)25-9-7-18(8-10-25)21(28)23-22-20(27)13-26-17(4)12-16(3)24-26/h5-6,11-12,18H,7-10,13H2,1-4H3,(H,22,27)(H,23,28). The van der Waals surface area contributed by atoms with E-state index in [0.29, 0.717) is 23.3 Å². The Morgan fingerprint density at radius 2 is 1.74 bits per heavy atom. The first-order valence-electron chi connectivity index (χ1n) is 10.2. The lowest BCUT2D eigenvalue weighted by Crippen LogP contribution is -2.49. The summed E-state index contributed by atoms with van der Waals surface area (Å²) in [4.78, 5) is 24.8. The quantitative estimate of drug-likeness (QED) is 0.672. The molecule has 1 aliphatic heterocycles. The molecule has 0 unspecified atom stereocenters. The molecule has 3 rings (SSSR count). The summed E-state index contributed by atoms with van der Waals surface area (Å²) in [6.45, 7) is 7.92. The zero-order valence-electron chi connectivity index (χ0n) is 18.3. The van der Waals surface area contributed by atoms with Crippen LogP contribution in [0, 0.1) is 33.6 Å². The number of carbonyl (C=O) groups excluding carboxylic acids is 2. The third-order valence-corrected chi connectivity index (χ3v) is 7.55. The lowest BCUT2D eigenvalue weighted by Gasteiger charge is -2.31. The lowest BCUT2D eigenvalue weighted by molar-refractivity contribution is -0.132. The molecule has 2 amide bonds. The van der Waals surface area contributed by atoms with Gasteiger partial charge in [-0.15, -0.1) is 0 Å². The van der Waals surface area contributed by atoms with Gasteiger partial charge in [-0.3, -0.25) is 25.1 Å². The van der Waals surface area contributed by atoms with Crippen molar-refractivity contribution < 1.29 is 18.0 Å². The van der Waals surface area contributed by atoms with Crippen LogP contribution in [-0.2, 0) is 26.2 Å². The van der Waals surface area contributed by atoms with E-state index >= 15 is 0 Å². The zero-order chi connectivity index (χ0) is 22.8. The summed E-state index contributed by atoms with van der Waals surface area (Å²) in [5.41, 5.74) is 8.26. The Hall–Kier alpha value is -2.72. The van der Waals surface area contributed by atoms with Gasteiger partial charge in [0.15, 0.2) is 0 Å². The van der Waals surface area contributed by atoms with Gasteiger partial charge in [0.1, 0.15) is 6.54 Å². The number of carbonyl (C=O) groups is 2. The molecular formula is C21H29N5O4S. The van der Waals surface area contributed by atoms with Crippen molar-refractivity contribution in [1.29, 1.82) is 0 Å². The molecule has 1 aromatic heterocycles. The molecule has 1 aromatic carbocycles. The maximum Gasteiger partial charge on any atom is 0.260 e. The topological polar surface area (TPSA) is 113 Å². The number of hydrogen-bond donors (Lipinski definition) is 2. The van der Waals surface area contributed by atoms with Crippen molar-refractivity contribution in [2.45, 2.75) is 52.0 Å². The highest BCUT2D eigenvalue weighted by Crippen LogP contribution is 2.26. The van der Waals surface area contributed by atoms with Gasteiger partial charge in [-0.2, -0.15) is 9.40 Å². The summed E-state index contributed by atoms with van der Waals surface area (Å²) >= 11 is 0. The molecular weight excluding hydrogens is 418 g/mol. The van der Waals surface area contributed by atoms with Crippen molar-refractivity contribution in [3.8, 4) is 0 Å². The number of benzene rings is 1. The van der Waals surface area contributed by atoms with Gasteiger partial charge in [-0.25, -0.2) is 8.42 Å². The van der Waals surface area contributed by atoms with Crippen LogP contribution in [0.15, 0.2) is 29.2 Å². The second-order valence-corrected chi connectivity index (χ2v) is 9.98. The number of aromatic nitrogens is 2. The predicted molar refractivity (Wildman–Crippen MR) is 115 cm³/mol. The van der Waals surface area contributed by atoms with Crippen molar-refractivity contribution in [3.05, 3.63) is 46.8 Å². The summed E-state index contributed by atoms with van der Waals surface area (Å²) in [5.74, 6) is -1.06. The molecule has 1 aliphatic rings.